The molecule has 1 saturated heterocycles. The summed E-state index contributed by atoms with van der Waals surface area (Å²) in [6.07, 6.45) is 1.77. The van der Waals surface area contributed by atoms with Crippen LogP contribution in [-0.2, 0) is 19.5 Å². The summed E-state index contributed by atoms with van der Waals surface area (Å²) in [5, 5.41) is 4.25. The summed E-state index contributed by atoms with van der Waals surface area (Å²) in [6.45, 7) is 2.92. The molecule has 0 aliphatic carbocycles. The normalized spacial score (nSPS) is 20.1. The molecule has 2 aromatic heterocycles. The lowest BCUT2D eigenvalue weighted by atomic mass is 9.83. The number of anilines is 1. The zero-order valence-corrected chi connectivity index (χ0v) is 21.0. The van der Waals surface area contributed by atoms with Crippen LogP contribution in [0.1, 0.15) is 39.6 Å². The fourth-order valence-corrected chi connectivity index (χ4v) is 6.57. The Balaban J connectivity index is 1.09. The van der Waals surface area contributed by atoms with Gasteiger partial charge in [0.05, 0.1) is 17.8 Å². The summed E-state index contributed by atoms with van der Waals surface area (Å²) < 4.78 is 1.86. The summed E-state index contributed by atoms with van der Waals surface area (Å²) in [7, 11) is 0. The second-order valence-corrected chi connectivity index (χ2v) is 10.7. The van der Waals surface area contributed by atoms with Gasteiger partial charge in [-0.1, -0.05) is 36.4 Å². The third-order valence-electron chi connectivity index (χ3n) is 8.34. The van der Waals surface area contributed by atoms with Gasteiger partial charge in [-0.05, 0) is 48.6 Å². The molecule has 7 rings (SSSR count). The van der Waals surface area contributed by atoms with Crippen LogP contribution in [0.3, 0.4) is 0 Å². The van der Waals surface area contributed by atoms with Crippen LogP contribution >= 0.6 is 0 Å². The Kier molecular flexibility index (Phi) is 5.35. The molecule has 3 aliphatic heterocycles. The third-order valence-corrected chi connectivity index (χ3v) is 8.34. The number of urea groups is 1. The number of carbonyl (C=O) groups is 2. The van der Waals surface area contributed by atoms with Crippen LogP contribution in [0.4, 0.5) is 10.5 Å². The molecule has 5 heterocycles. The predicted molar refractivity (Wildman–Crippen MR) is 145 cm³/mol. The maximum atomic E-state index is 13.6. The molecule has 2 aromatic carbocycles. The van der Waals surface area contributed by atoms with Crippen LogP contribution in [0, 0.1) is 5.92 Å². The summed E-state index contributed by atoms with van der Waals surface area (Å²) in [6, 6.07) is 20.7. The first-order valence-electron chi connectivity index (χ1n) is 13.3. The van der Waals surface area contributed by atoms with Crippen molar-refractivity contribution in [1.82, 2.24) is 19.4 Å². The molecule has 8 heteroatoms. The first-order valence-corrected chi connectivity index (χ1v) is 13.3. The molecule has 0 saturated carbocycles. The molecule has 4 aromatic rings. The molecule has 38 heavy (non-hydrogen) atoms. The molecular weight excluding hydrogens is 478 g/mol. The fraction of sp³-hybridized carbons (Fsp3) is 0.300. The van der Waals surface area contributed by atoms with Crippen LogP contribution in [0.5, 0.6) is 0 Å². The van der Waals surface area contributed by atoms with Gasteiger partial charge in [0, 0.05) is 60.5 Å². The highest BCUT2D eigenvalue weighted by molar-refractivity contribution is 6.03. The van der Waals surface area contributed by atoms with E-state index in [1.165, 1.54) is 10.9 Å². The molecule has 0 spiro atoms. The van der Waals surface area contributed by atoms with Crippen molar-refractivity contribution < 1.29 is 9.59 Å². The number of nitrogens with zero attached hydrogens (tertiary/aromatic N) is 3. The Morgan fingerprint density at radius 3 is 2.66 bits per heavy atom. The van der Waals surface area contributed by atoms with Crippen molar-refractivity contribution in [2.45, 2.75) is 31.8 Å². The van der Waals surface area contributed by atoms with Gasteiger partial charge in [0.15, 0.2) is 0 Å². The van der Waals surface area contributed by atoms with Crippen LogP contribution in [-0.4, -0.2) is 50.9 Å². The van der Waals surface area contributed by atoms with Crippen LogP contribution < -0.4 is 10.9 Å². The number of likely N-dealkylation sites (tertiary alicyclic amines) is 1. The molecule has 3 amide bonds. The lowest BCUT2D eigenvalue weighted by Crippen LogP contribution is -2.50. The van der Waals surface area contributed by atoms with Gasteiger partial charge in [-0.3, -0.25) is 9.59 Å². The average molecular weight is 508 g/mol. The van der Waals surface area contributed by atoms with Gasteiger partial charge in [0.25, 0.3) is 11.5 Å². The summed E-state index contributed by atoms with van der Waals surface area (Å²) in [4.78, 5) is 46.5. The van der Waals surface area contributed by atoms with E-state index in [-0.39, 0.29) is 29.3 Å². The van der Waals surface area contributed by atoms with Crippen molar-refractivity contribution in [2.75, 3.05) is 25.0 Å². The van der Waals surface area contributed by atoms with Crippen molar-refractivity contribution in [3.8, 4) is 0 Å². The number of nitrogens with one attached hydrogen (secondary N) is 2. The van der Waals surface area contributed by atoms with Gasteiger partial charge in [0.2, 0.25) is 0 Å². The number of benzene rings is 2. The number of rotatable bonds is 2. The van der Waals surface area contributed by atoms with E-state index >= 15 is 0 Å². The number of fused-ring (bicyclic) bond motifs is 7. The molecule has 192 valence electrons. The smallest absolute Gasteiger partial charge is 0.321 e. The molecular formula is C30H29N5O3. The van der Waals surface area contributed by atoms with E-state index in [2.05, 4.69) is 22.4 Å². The number of H-pyrrole nitrogens is 1. The maximum absolute atomic E-state index is 13.6. The standard InChI is InChI=1S/C30H29N5O3/c36-28-11-5-10-27-20-14-19(16-35(27)28)15-34(17-20)30(38)32-25-9-4-2-7-23(25)29(37)33-13-12-22-21-6-1-3-8-24(21)31-26(22)18-33/h1-11,19-20,31H,12-18H2,(H,32,38)/t19-,20+/m0/s1. The Labute approximate surface area is 219 Å². The van der Waals surface area contributed by atoms with Crippen molar-refractivity contribution in [3.63, 3.8) is 0 Å². The number of piperidine rings is 1. The minimum atomic E-state index is -0.205. The quantitative estimate of drug-likeness (QED) is 0.427. The predicted octanol–water partition coefficient (Wildman–Crippen LogP) is 4.18. The van der Waals surface area contributed by atoms with E-state index in [0.717, 1.165) is 29.7 Å². The SMILES string of the molecule is O=C(Nc1ccccc1C(=O)N1CCc2c([nH]c3ccccc23)C1)N1C[C@@H]2C[C@H](C1)c1cccc(=O)n1C2. The number of aromatic nitrogens is 2. The van der Waals surface area contributed by atoms with E-state index in [1.807, 2.05) is 44.7 Å². The average Bonchev–Trinajstić information content (AvgIpc) is 3.31. The van der Waals surface area contributed by atoms with Crippen molar-refractivity contribution >= 4 is 28.5 Å². The highest BCUT2D eigenvalue weighted by atomic mass is 16.2. The zero-order chi connectivity index (χ0) is 25.8. The number of pyridine rings is 1. The van der Waals surface area contributed by atoms with E-state index < -0.39 is 0 Å². The van der Waals surface area contributed by atoms with Gasteiger partial charge < -0.3 is 24.7 Å². The molecule has 3 aliphatic rings. The molecule has 8 nitrogen and oxygen atoms in total. The van der Waals surface area contributed by atoms with Gasteiger partial charge in [0.1, 0.15) is 0 Å². The fourth-order valence-electron chi connectivity index (χ4n) is 6.57. The highest BCUT2D eigenvalue weighted by Gasteiger charge is 2.36. The lowest BCUT2D eigenvalue weighted by molar-refractivity contribution is 0.0734. The second kappa shape index (κ2) is 8.90. The first kappa shape index (κ1) is 22.8. The number of hydrogen-bond donors (Lipinski definition) is 2. The molecule has 0 unspecified atom stereocenters. The summed E-state index contributed by atoms with van der Waals surface area (Å²) in [5.74, 6) is 0.287. The second-order valence-electron chi connectivity index (χ2n) is 10.7. The Bertz CT molecular complexity index is 1640. The third kappa shape index (κ3) is 3.79. The highest BCUT2D eigenvalue weighted by Crippen LogP contribution is 2.35. The monoisotopic (exact) mass is 507 g/mol. The van der Waals surface area contributed by atoms with E-state index in [1.54, 1.807) is 24.3 Å². The summed E-state index contributed by atoms with van der Waals surface area (Å²) >= 11 is 0. The van der Waals surface area contributed by atoms with Gasteiger partial charge in [-0.2, -0.15) is 0 Å². The Morgan fingerprint density at radius 1 is 0.895 bits per heavy atom. The largest absolute Gasteiger partial charge is 0.357 e. The van der Waals surface area contributed by atoms with Gasteiger partial charge in [-0.15, -0.1) is 0 Å². The number of amides is 3. The minimum Gasteiger partial charge on any atom is -0.357 e. The molecule has 1 fully saturated rings. The van der Waals surface area contributed by atoms with E-state index in [0.29, 0.717) is 44.0 Å². The Hall–Kier alpha value is -4.33. The van der Waals surface area contributed by atoms with Crippen LogP contribution in [0.15, 0.2) is 71.5 Å². The number of carbonyl (C=O) groups excluding carboxylic acids is 2. The number of hydrogen-bond acceptors (Lipinski definition) is 3. The molecule has 2 atom stereocenters. The first-order chi connectivity index (χ1) is 18.5. The van der Waals surface area contributed by atoms with Crippen molar-refractivity contribution in [2.24, 2.45) is 5.92 Å². The molecule has 2 bridgehead atoms. The van der Waals surface area contributed by atoms with Gasteiger partial charge >= 0.3 is 6.03 Å². The topological polar surface area (TPSA) is 90.4 Å². The van der Waals surface area contributed by atoms with Crippen molar-refractivity contribution in [3.05, 3.63) is 99.6 Å². The zero-order valence-electron chi connectivity index (χ0n) is 21.0. The minimum absolute atomic E-state index is 0.0276. The van der Waals surface area contributed by atoms with Gasteiger partial charge in [-0.25, -0.2) is 4.79 Å². The maximum Gasteiger partial charge on any atom is 0.321 e. The number of aromatic amines is 1. The van der Waals surface area contributed by atoms with E-state index in [9.17, 15) is 14.4 Å². The van der Waals surface area contributed by atoms with E-state index in [4.69, 9.17) is 0 Å². The molecule has 0 radical (unpaired) electrons. The number of para-hydroxylation sites is 2. The lowest BCUT2D eigenvalue weighted by Gasteiger charge is -2.42. The van der Waals surface area contributed by atoms with Crippen LogP contribution in [0.2, 0.25) is 0 Å². The Morgan fingerprint density at radius 2 is 1.74 bits per heavy atom. The molecule has 2 N–H and O–H groups in total. The summed E-state index contributed by atoms with van der Waals surface area (Å²) in [5.41, 5.74) is 5.51. The van der Waals surface area contributed by atoms with Crippen LogP contribution in [0.25, 0.3) is 10.9 Å². The van der Waals surface area contributed by atoms with Crippen molar-refractivity contribution in [1.29, 1.82) is 0 Å².